The molecule has 6 nitrogen and oxygen atoms in total. The van der Waals surface area contributed by atoms with Gasteiger partial charge in [0.25, 0.3) is 5.95 Å². The second kappa shape index (κ2) is 4.31. The fraction of sp³-hybridized carbons (Fsp3) is 0. The van der Waals surface area contributed by atoms with Crippen LogP contribution in [0.25, 0.3) is 11.3 Å². The highest BCUT2D eigenvalue weighted by atomic mass is 15.5. The van der Waals surface area contributed by atoms with Gasteiger partial charge in [-0.15, -0.1) is 0 Å². The lowest BCUT2D eigenvalue weighted by atomic mass is 10.2. The summed E-state index contributed by atoms with van der Waals surface area (Å²) in [5.74, 6) is 0.566. The average molecular weight is 250 g/mol. The van der Waals surface area contributed by atoms with Crippen LogP contribution >= 0.6 is 0 Å². The van der Waals surface area contributed by atoms with E-state index in [0.717, 1.165) is 11.3 Å². The lowest BCUT2D eigenvalue weighted by Gasteiger charge is -1.99. The highest BCUT2D eigenvalue weighted by Gasteiger charge is 2.13. The van der Waals surface area contributed by atoms with Gasteiger partial charge < -0.3 is 5.73 Å². The zero-order valence-electron chi connectivity index (χ0n) is 9.91. The molecule has 0 fully saturated rings. The summed E-state index contributed by atoms with van der Waals surface area (Å²) in [7, 11) is 0. The summed E-state index contributed by atoms with van der Waals surface area (Å²) in [5, 5.41) is 8.89. The van der Waals surface area contributed by atoms with E-state index in [2.05, 4.69) is 15.4 Å². The first-order valence-corrected chi connectivity index (χ1v) is 5.64. The van der Waals surface area contributed by atoms with Gasteiger partial charge in [0.15, 0.2) is 0 Å². The van der Waals surface area contributed by atoms with Crippen LogP contribution in [0.4, 0.5) is 5.95 Å². The Morgan fingerprint density at radius 1 is 1.26 bits per heavy atom. The Kier molecular flexibility index (Phi) is 2.50. The van der Waals surface area contributed by atoms with Crippen LogP contribution in [0, 0.1) is 11.3 Å². The number of nitriles is 1. The molecule has 2 aromatic rings. The lowest BCUT2D eigenvalue weighted by molar-refractivity contribution is 0.951. The molecule has 0 aliphatic carbocycles. The van der Waals surface area contributed by atoms with Crippen molar-refractivity contribution < 1.29 is 0 Å². The van der Waals surface area contributed by atoms with Crippen molar-refractivity contribution >= 4 is 11.8 Å². The van der Waals surface area contributed by atoms with E-state index in [-0.39, 0.29) is 11.4 Å². The third-order valence-electron chi connectivity index (χ3n) is 2.72. The second-order valence-corrected chi connectivity index (χ2v) is 3.96. The smallest absolute Gasteiger partial charge is 0.251 e. The minimum Gasteiger partial charge on any atom is -0.382 e. The average Bonchev–Trinajstić information content (AvgIpc) is 2.77. The summed E-state index contributed by atoms with van der Waals surface area (Å²) < 4.78 is 1.62. The third kappa shape index (κ3) is 1.93. The molecule has 0 bridgehead atoms. The minimum absolute atomic E-state index is 0.152. The molecule has 0 amide bonds. The van der Waals surface area contributed by atoms with E-state index in [1.54, 1.807) is 10.9 Å². The van der Waals surface area contributed by atoms with Crippen LogP contribution in [0.2, 0.25) is 0 Å². The quantitative estimate of drug-likeness (QED) is 0.802. The van der Waals surface area contributed by atoms with E-state index in [9.17, 15) is 0 Å². The summed E-state index contributed by atoms with van der Waals surface area (Å²) in [6.45, 7) is 0. The molecule has 2 heterocycles. The number of fused-ring (bicyclic) bond motifs is 1. The number of rotatable bonds is 1. The molecule has 3 N–H and O–H groups in total. The van der Waals surface area contributed by atoms with Gasteiger partial charge in [0.1, 0.15) is 17.5 Å². The maximum Gasteiger partial charge on any atom is 0.251 e. The second-order valence-electron chi connectivity index (χ2n) is 3.96. The number of benzene rings is 1. The molecule has 0 saturated heterocycles. The van der Waals surface area contributed by atoms with Gasteiger partial charge in [-0.05, 0) is 0 Å². The van der Waals surface area contributed by atoms with Crippen LogP contribution in [-0.4, -0.2) is 15.5 Å². The van der Waals surface area contributed by atoms with E-state index in [0.29, 0.717) is 5.95 Å². The number of nitrogens with two attached hydrogens (primary N) is 1. The Bertz CT molecular complexity index is 717. The molecule has 1 aliphatic rings. The van der Waals surface area contributed by atoms with Crippen LogP contribution < -0.4 is 11.2 Å². The SMILES string of the molecule is N#CC1=CNn2cc(-c3ccccc3)nc2N=C1N. The zero-order chi connectivity index (χ0) is 13.2. The number of amidine groups is 1. The Morgan fingerprint density at radius 2 is 2.05 bits per heavy atom. The molecule has 19 heavy (non-hydrogen) atoms. The van der Waals surface area contributed by atoms with Crippen LogP contribution in [-0.2, 0) is 0 Å². The van der Waals surface area contributed by atoms with Crippen molar-refractivity contribution in [2.75, 3.05) is 5.43 Å². The number of hydrogen-bond donors (Lipinski definition) is 2. The fourth-order valence-corrected chi connectivity index (χ4v) is 1.76. The number of imidazole rings is 1. The molecule has 1 aliphatic heterocycles. The van der Waals surface area contributed by atoms with Crippen molar-refractivity contribution in [2.24, 2.45) is 10.7 Å². The molecular formula is C13H10N6. The molecule has 3 rings (SSSR count). The lowest BCUT2D eigenvalue weighted by Crippen LogP contribution is -2.13. The highest BCUT2D eigenvalue weighted by Crippen LogP contribution is 2.22. The van der Waals surface area contributed by atoms with Gasteiger partial charge in [-0.2, -0.15) is 10.3 Å². The predicted molar refractivity (Wildman–Crippen MR) is 72.0 cm³/mol. The standard InChI is InChI=1S/C13H10N6/c14-6-10-7-16-19-8-11(9-4-2-1-3-5-9)17-13(19)18-12(10)15/h1-5,7-8,16H,(H2,15,17,18). The molecule has 0 saturated carbocycles. The van der Waals surface area contributed by atoms with Crippen LogP contribution in [0.3, 0.4) is 0 Å². The van der Waals surface area contributed by atoms with E-state index >= 15 is 0 Å². The van der Waals surface area contributed by atoms with Gasteiger partial charge in [-0.1, -0.05) is 30.3 Å². The van der Waals surface area contributed by atoms with Crippen molar-refractivity contribution in [3.63, 3.8) is 0 Å². The topological polar surface area (TPSA) is 92.0 Å². The molecule has 0 spiro atoms. The van der Waals surface area contributed by atoms with Crippen molar-refractivity contribution in [1.82, 2.24) is 9.66 Å². The normalized spacial score (nSPS) is 13.4. The summed E-state index contributed by atoms with van der Waals surface area (Å²) in [6.07, 6.45) is 3.31. The van der Waals surface area contributed by atoms with Crippen LogP contribution in [0.5, 0.6) is 0 Å². The number of aromatic nitrogens is 2. The van der Waals surface area contributed by atoms with E-state index in [1.807, 2.05) is 36.4 Å². The molecule has 1 aromatic carbocycles. The third-order valence-corrected chi connectivity index (χ3v) is 2.72. The first-order chi connectivity index (χ1) is 9.28. The monoisotopic (exact) mass is 250 g/mol. The molecule has 0 radical (unpaired) electrons. The van der Waals surface area contributed by atoms with Crippen molar-refractivity contribution in [2.45, 2.75) is 0 Å². The van der Waals surface area contributed by atoms with Gasteiger partial charge in [0.05, 0.1) is 11.9 Å². The van der Waals surface area contributed by atoms with E-state index in [4.69, 9.17) is 11.0 Å². The summed E-state index contributed by atoms with van der Waals surface area (Å²) in [5.41, 5.74) is 10.7. The number of aliphatic imine (C=N–C) groups is 1. The fourth-order valence-electron chi connectivity index (χ4n) is 1.76. The molecular weight excluding hydrogens is 240 g/mol. The first-order valence-electron chi connectivity index (χ1n) is 5.64. The first kappa shape index (κ1) is 11.0. The zero-order valence-corrected chi connectivity index (χ0v) is 9.91. The van der Waals surface area contributed by atoms with Crippen molar-refractivity contribution in [1.29, 1.82) is 5.26 Å². The van der Waals surface area contributed by atoms with E-state index < -0.39 is 0 Å². The molecule has 6 heteroatoms. The molecule has 1 aromatic heterocycles. The predicted octanol–water partition coefficient (Wildman–Crippen LogP) is 1.50. The minimum atomic E-state index is 0.152. The van der Waals surface area contributed by atoms with E-state index in [1.165, 1.54) is 6.20 Å². The van der Waals surface area contributed by atoms with Gasteiger partial charge >= 0.3 is 0 Å². The summed E-state index contributed by atoms with van der Waals surface area (Å²) in [4.78, 5) is 8.52. The van der Waals surface area contributed by atoms with Crippen LogP contribution in [0.15, 0.2) is 53.3 Å². The Morgan fingerprint density at radius 3 is 2.79 bits per heavy atom. The maximum absolute atomic E-state index is 8.89. The Labute approximate surface area is 109 Å². The van der Waals surface area contributed by atoms with Crippen LogP contribution in [0.1, 0.15) is 0 Å². The van der Waals surface area contributed by atoms with Gasteiger partial charge in [0, 0.05) is 11.8 Å². The summed E-state index contributed by atoms with van der Waals surface area (Å²) >= 11 is 0. The molecule has 0 atom stereocenters. The van der Waals surface area contributed by atoms with Gasteiger partial charge in [0.2, 0.25) is 0 Å². The Balaban J connectivity index is 2.05. The number of nitrogens with one attached hydrogen (secondary N) is 1. The summed E-state index contributed by atoms with van der Waals surface area (Å²) in [6, 6.07) is 11.7. The number of nitrogens with zero attached hydrogens (tertiary/aromatic N) is 4. The molecule has 92 valence electrons. The largest absolute Gasteiger partial charge is 0.382 e. The van der Waals surface area contributed by atoms with Crippen molar-refractivity contribution in [3.8, 4) is 17.3 Å². The van der Waals surface area contributed by atoms with Gasteiger partial charge in [-0.25, -0.2) is 9.66 Å². The maximum atomic E-state index is 8.89. The molecule has 0 unspecified atom stereocenters. The highest BCUT2D eigenvalue weighted by molar-refractivity contribution is 6.02. The van der Waals surface area contributed by atoms with Crippen molar-refractivity contribution in [3.05, 3.63) is 48.3 Å². The number of hydrogen-bond acceptors (Lipinski definition) is 5. The Hall–Kier alpha value is -3.07. The van der Waals surface area contributed by atoms with Gasteiger partial charge in [-0.3, -0.25) is 5.43 Å².